The summed E-state index contributed by atoms with van der Waals surface area (Å²) in [6.07, 6.45) is 1.61. The zero-order chi connectivity index (χ0) is 13.3. The zero-order valence-corrected chi connectivity index (χ0v) is 10.7. The summed E-state index contributed by atoms with van der Waals surface area (Å²) in [7, 11) is 0. The Hall–Kier alpha value is -1.62. The number of halogens is 1. The quantitative estimate of drug-likeness (QED) is 0.887. The van der Waals surface area contributed by atoms with Gasteiger partial charge in [0.25, 0.3) is 0 Å². The van der Waals surface area contributed by atoms with E-state index in [4.69, 9.17) is 4.74 Å². The number of nitrogens with zero attached hydrogens (tertiary/aromatic N) is 1. The molecule has 102 valence electrons. The highest BCUT2D eigenvalue weighted by Gasteiger charge is 2.45. The highest BCUT2D eigenvalue weighted by molar-refractivity contribution is 5.70. The van der Waals surface area contributed by atoms with Crippen molar-refractivity contribution >= 4 is 6.09 Å². The van der Waals surface area contributed by atoms with Crippen LogP contribution in [0.2, 0.25) is 0 Å². The molecule has 1 atom stereocenters. The normalized spacial score (nSPS) is 26.8. The minimum Gasteiger partial charge on any atom is -0.440 e. The maximum Gasteiger partial charge on any atom is 0.410 e. The number of hydrogen-bond acceptors (Lipinski definition) is 3. The molecule has 2 aliphatic heterocycles. The van der Waals surface area contributed by atoms with Gasteiger partial charge in [0.05, 0.1) is 6.54 Å². The van der Waals surface area contributed by atoms with E-state index in [2.05, 4.69) is 5.32 Å². The lowest BCUT2D eigenvalue weighted by atomic mass is 9.94. The van der Waals surface area contributed by atoms with Crippen LogP contribution in [0.1, 0.15) is 18.4 Å². The third-order valence-electron chi connectivity index (χ3n) is 3.74. The third-order valence-corrected chi connectivity index (χ3v) is 3.74. The molecule has 3 rings (SSSR count). The largest absolute Gasteiger partial charge is 0.440 e. The van der Waals surface area contributed by atoms with Gasteiger partial charge in [-0.2, -0.15) is 0 Å². The second kappa shape index (κ2) is 4.81. The molecule has 1 aromatic carbocycles. The summed E-state index contributed by atoms with van der Waals surface area (Å²) in [5.74, 6) is -0.279. The van der Waals surface area contributed by atoms with Crippen molar-refractivity contribution in [2.24, 2.45) is 0 Å². The van der Waals surface area contributed by atoms with Gasteiger partial charge in [0, 0.05) is 13.1 Å². The first-order valence-corrected chi connectivity index (χ1v) is 6.60. The van der Waals surface area contributed by atoms with E-state index in [9.17, 15) is 9.18 Å². The van der Waals surface area contributed by atoms with Crippen molar-refractivity contribution in [1.29, 1.82) is 0 Å². The summed E-state index contributed by atoms with van der Waals surface area (Å²) in [5, 5.41) is 3.27. The first-order valence-electron chi connectivity index (χ1n) is 6.60. The molecule has 1 aromatic rings. The van der Waals surface area contributed by atoms with Gasteiger partial charge >= 0.3 is 6.09 Å². The summed E-state index contributed by atoms with van der Waals surface area (Å²) in [6, 6.07) is 6.33. The van der Waals surface area contributed by atoms with Crippen molar-refractivity contribution in [2.75, 3.05) is 19.6 Å². The molecule has 1 spiro atoms. The summed E-state index contributed by atoms with van der Waals surface area (Å²) in [5.41, 5.74) is 0.403. The van der Waals surface area contributed by atoms with Crippen LogP contribution in [0, 0.1) is 5.82 Å². The Balaban J connectivity index is 1.70. The van der Waals surface area contributed by atoms with E-state index in [0.717, 1.165) is 24.9 Å². The Bertz CT molecular complexity index is 486. The lowest BCUT2D eigenvalue weighted by Gasteiger charge is -2.31. The van der Waals surface area contributed by atoms with E-state index in [1.54, 1.807) is 11.0 Å². The maximum atomic E-state index is 13.1. The summed E-state index contributed by atoms with van der Waals surface area (Å²) in [4.78, 5) is 13.6. The monoisotopic (exact) mass is 264 g/mol. The Morgan fingerprint density at radius 2 is 2.37 bits per heavy atom. The van der Waals surface area contributed by atoms with E-state index >= 15 is 0 Å². The summed E-state index contributed by atoms with van der Waals surface area (Å²) >= 11 is 0. The fraction of sp³-hybridized carbons (Fsp3) is 0.500. The number of nitrogens with one attached hydrogen (secondary N) is 1. The number of benzene rings is 1. The van der Waals surface area contributed by atoms with Crippen molar-refractivity contribution in [3.63, 3.8) is 0 Å². The SMILES string of the molecule is O=C1OC2(CCCNC2)CN1Cc1cccc(F)c1. The standard InChI is InChI=1S/C14H17FN2O2/c15-12-4-1-3-11(7-12)8-17-10-14(19-13(17)18)5-2-6-16-9-14/h1,3-4,7,16H,2,5-6,8-10H2. The van der Waals surface area contributed by atoms with Gasteiger partial charge in [-0.3, -0.25) is 4.90 Å². The number of amides is 1. The van der Waals surface area contributed by atoms with E-state index < -0.39 is 0 Å². The van der Waals surface area contributed by atoms with Gasteiger partial charge in [0.15, 0.2) is 0 Å². The van der Waals surface area contributed by atoms with Gasteiger partial charge in [-0.25, -0.2) is 9.18 Å². The lowest BCUT2D eigenvalue weighted by Crippen LogP contribution is -2.48. The van der Waals surface area contributed by atoms with Crippen LogP contribution in [0.15, 0.2) is 24.3 Å². The number of carbonyl (C=O) groups excluding carboxylic acids is 1. The van der Waals surface area contributed by atoms with E-state index in [-0.39, 0.29) is 17.5 Å². The van der Waals surface area contributed by atoms with Crippen LogP contribution in [-0.4, -0.2) is 36.2 Å². The van der Waals surface area contributed by atoms with Crippen LogP contribution in [0.3, 0.4) is 0 Å². The molecule has 1 amide bonds. The minimum absolute atomic E-state index is 0.279. The number of piperidine rings is 1. The van der Waals surface area contributed by atoms with Crippen LogP contribution in [0.5, 0.6) is 0 Å². The third kappa shape index (κ3) is 2.56. The van der Waals surface area contributed by atoms with Gasteiger partial charge in [-0.15, -0.1) is 0 Å². The second-order valence-corrected chi connectivity index (χ2v) is 5.32. The second-order valence-electron chi connectivity index (χ2n) is 5.32. The molecular weight excluding hydrogens is 247 g/mol. The molecule has 2 heterocycles. The summed E-state index contributed by atoms with van der Waals surface area (Å²) in [6.45, 7) is 2.66. The van der Waals surface area contributed by atoms with Crippen molar-refractivity contribution in [3.05, 3.63) is 35.6 Å². The fourth-order valence-corrected chi connectivity index (χ4v) is 2.83. The predicted molar refractivity (Wildman–Crippen MR) is 68.1 cm³/mol. The molecule has 4 nitrogen and oxygen atoms in total. The Kier molecular flexibility index (Phi) is 3.14. The van der Waals surface area contributed by atoms with E-state index in [1.165, 1.54) is 12.1 Å². The number of ether oxygens (including phenoxy) is 1. The molecule has 0 aliphatic carbocycles. The topological polar surface area (TPSA) is 41.6 Å². The molecular formula is C14H17FN2O2. The number of hydrogen-bond donors (Lipinski definition) is 1. The molecule has 2 saturated heterocycles. The number of rotatable bonds is 2. The van der Waals surface area contributed by atoms with Gasteiger partial charge in [0.1, 0.15) is 11.4 Å². The Morgan fingerprint density at radius 3 is 3.11 bits per heavy atom. The van der Waals surface area contributed by atoms with Crippen LogP contribution in [-0.2, 0) is 11.3 Å². The molecule has 1 N–H and O–H groups in total. The molecule has 5 heteroatoms. The summed E-state index contributed by atoms with van der Waals surface area (Å²) < 4.78 is 18.7. The minimum atomic E-state index is -0.386. The van der Waals surface area contributed by atoms with Crippen LogP contribution in [0.4, 0.5) is 9.18 Å². The molecule has 19 heavy (non-hydrogen) atoms. The lowest BCUT2D eigenvalue weighted by molar-refractivity contribution is 0.0366. The first-order chi connectivity index (χ1) is 9.17. The van der Waals surface area contributed by atoms with Gasteiger partial charge in [0.2, 0.25) is 0 Å². The van der Waals surface area contributed by atoms with Crippen molar-refractivity contribution in [3.8, 4) is 0 Å². The van der Waals surface area contributed by atoms with Crippen LogP contribution < -0.4 is 5.32 Å². The van der Waals surface area contributed by atoms with Gasteiger partial charge < -0.3 is 10.1 Å². The Morgan fingerprint density at radius 1 is 1.47 bits per heavy atom. The highest BCUT2D eigenvalue weighted by atomic mass is 19.1. The van der Waals surface area contributed by atoms with Crippen molar-refractivity contribution in [1.82, 2.24) is 10.2 Å². The van der Waals surface area contributed by atoms with Crippen molar-refractivity contribution in [2.45, 2.75) is 25.0 Å². The van der Waals surface area contributed by atoms with E-state index in [1.807, 2.05) is 6.07 Å². The van der Waals surface area contributed by atoms with Gasteiger partial charge in [-0.05, 0) is 37.1 Å². The average molecular weight is 264 g/mol. The molecule has 2 aliphatic rings. The van der Waals surface area contributed by atoms with Crippen LogP contribution in [0.25, 0.3) is 0 Å². The fourth-order valence-electron chi connectivity index (χ4n) is 2.83. The predicted octanol–water partition coefficient (Wildman–Crippen LogP) is 1.90. The smallest absolute Gasteiger partial charge is 0.410 e. The van der Waals surface area contributed by atoms with E-state index in [0.29, 0.717) is 19.6 Å². The first kappa shape index (κ1) is 12.4. The number of carbonyl (C=O) groups is 1. The van der Waals surface area contributed by atoms with Crippen LogP contribution >= 0.6 is 0 Å². The average Bonchev–Trinajstić information content (AvgIpc) is 2.66. The molecule has 0 bridgehead atoms. The zero-order valence-electron chi connectivity index (χ0n) is 10.7. The van der Waals surface area contributed by atoms with Gasteiger partial charge in [-0.1, -0.05) is 12.1 Å². The molecule has 1 unspecified atom stereocenters. The van der Waals surface area contributed by atoms with Crippen molar-refractivity contribution < 1.29 is 13.9 Å². The maximum absolute atomic E-state index is 13.1. The molecule has 2 fully saturated rings. The Labute approximate surface area is 111 Å². The molecule has 0 saturated carbocycles. The molecule has 0 aromatic heterocycles. The highest BCUT2D eigenvalue weighted by Crippen LogP contribution is 2.30. The molecule has 0 radical (unpaired) electrons.